The molecule has 0 bridgehead atoms. The van der Waals surface area contributed by atoms with Crippen molar-refractivity contribution in [2.45, 2.75) is 39.2 Å². The number of para-hydroxylation sites is 1. The number of furan rings is 1. The Kier molecular flexibility index (Phi) is 3.05. The van der Waals surface area contributed by atoms with E-state index in [4.69, 9.17) is 4.42 Å². The van der Waals surface area contributed by atoms with E-state index in [0.29, 0.717) is 17.7 Å². The van der Waals surface area contributed by atoms with Gasteiger partial charge in [-0.25, -0.2) is 0 Å². The number of fused-ring (bicyclic) bond motifs is 1. The van der Waals surface area contributed by atoms with Crippen molar-refractivity contribution in [3.05, 3.63) is 35.6 Å². The third-order valence-electron chi connectivity index (χ3n) is 3.95. The third kappa shape index (κ3) is 2.25. The third-order valence-corrected chi connectivity index (χ3v) is 3.95. The fourth-order valence-electron chi connectivity index (χ4n) is 2.74. The molecule has 1 aromatic carbocycles. The van der Waals surface area contributed by atoms with Crippen molar-refractivity contribution in [2.24, 2.45) is 5.92 Å². The zero-order valence-corrected chi connectivity index (χ0v) is 11.4. The lowest BCUT2D eigenvalue weighted by Crippen LogP contribution is -2.27. The monoisotopic (exact) mass is 257 g/mol. The fourth-order valence-corrected chi connectivity index (χ4v) is 2.74. The molecule has 1 heterocycles. The van der Waals surface area contributed by atoms with Gasteiger partial charge in [0.25, 0.3) is 5.91 Å². The van der Waals surface area contributed by atoms with Crippen LogP contribution in [-0.4, -0.2) is 11.9 Å². The van der Waals surface area contributed by atoms with E-state index in [0.717, 1.165) is 23.0 Å². The molecule has 1 N–H and O–H groups in total. The second kappa shape index (κ2) is 4.72. The molecule has 0 aliphatic heterocycles. The van der Waals surface area contributed by atoms with Crippen molar-refractivity contribution in [3.8, 4) is 0 Å². The van der Waals surface area contributed by atoms with Gasteiger partial charge in [-0.05, 0) is 31.7 Å². The number of hydrogen-bond acceptors (Lipinski definition) is 2. The predicted molar refractivity (Wildman–Crippen MR) is 75.2 cm³/mol. The van der Waals surface area contributed by atoms with E-state index in [1.54, 1.807) is 0 Å². The molecule has 19 heavy (non-hydrogen) atoms. The van der Waals surface area contributed by atoms with E-state index in [9.17, 15) is 4.79 Å². The van der Waals surface area contributed by atoms with Gasteiger partial charge in [-0.3, -0.25) is 4.79 Å². The number of amides is 1. The van der Waals surface area contributed by atoms with Crippen LogP contribution in [0.1, 0.15) is 42.3 Å². The molecule has 1 aromatic heterocycles. The second-order valence-electron chi connectivity index (χ2n) is 5.42. The largest absolute Gasteiger partial charge is 0.451 e. The van der Waals surface area contributed by atoms with E-state index < -0.39 is 0 Å². The first-order valence-electron chi connectivity index (χ1n) is 6.99. The van der Waals surface area contributed by atoms with Gasteiger partial charge in [-0.2, -0.15) is 0 Å². The van der Waals surface area contributed by atoms with Crippen LogP contribution in [0, 0.1) is 12.8 Å². The van der Waals surface area contributed by atoms with Gasteiger partial charge < -0.3 is 9.73 Å². The standard InChI is InChI=1S/C16H19NO2/c1-3-6-11-9-13(11)17-16(18)15-10(2)12-7-4-5-8-14(12)19-15/h4-5,7-8,11,13H,3,6,9H2,1-2H3,(H,17,18). The number of hydrogen-bond donors (Lipinski definition) is 1. The zero-order chi connectivity index (χ0) is 13.4. The molecular formula is C16H19NO2. The highest BCUT2D eigenvalue weighted by molar-refractivity contribution is 5.99. The van der Waals surface area contributed by atoms with E-state index in [2.05, 4.69) is 12.2 Å². The topological polar surface area (TPSA) is 42.2 Å². The molecule has 1 amide bonds. The van der Waals surface area contributed by atoms with Crippen molar-refractivity contribution in [1.29, 1.82) is 0 Å². The maximum atomic E-state index is 12.2. The van der Waals surface area contributed by atoms with Crippen molar-refractivity contribution in [2.75, 3.05) is 0 Å². The Hall–Kier alpha value is -1.77. The first-order chi connectivity index (χ1) is 9.20. The molecular weight excluding hydrogens is 238 g/mol. The van der Waals surface area contributed by atoms with Crippen molar-refractivity contribution >= 4 is 16.9 Å². The first-order valence-corrected chi connectivity index (χ1v) is 6.99. The SMILES string of the molecule is CCCC1CC1NC(=O)c1oc2ccccc2c1C. The van der Waals surface area contributed by atoms with Crippen LogP contribution in [0.3, 0.4) is 0 Å². The summed E-state index contributed by atoms with van der Waals surface area (Å²) in [7, 11) is 0. The minimum absolute atomic E-state index is 0.0719. The number of rotatable bonds is 4. The molecule has 2 aromatic rings. The molecule has 100 valence electrons. The Labute approximate surface area is 113 Å². The first kappa shape index (κ1) is 12.3. The average molecular weight is 257 g/mol. The lowest BCUT2D eigenvalue weighted by atomic mass is 10.1. The van der Waals surface area contributed by atoms with Crippen LogP contribution >= 0.6 is 0 Å². The molecule has 0 radical (unpaired) electrons. The van der Waals surface area contributed by atoms with Crippen LogP contribution in [0.2, 0.25) is 0 Å². The normalized spacial score (nSPS) is 21.6. The van der Waals surface area contributed by atoms with Crippen molar-refractivity contribution < 1.29 is 9.21 Å². The molecule has 1 aliphatic carbocycles. The van der Waals surface area contributed by atoms with Crippen LogP contribution < -0.4 is 5.32 Å². The summed E-state index contributed by atoms with van der Waals surface area (Å²) in [5.41, 5.74) is 1.71. The number of aryl methyl sites for hydroxylation is 1. The second-order valence-corrected chi connectivity index (χ2v) is 5.42. The zero-order valence-electron chi connectivity index (χ0n) is 11.4. The maximum absolute atomic E-state index is 12.2. The Bertz CT molecular complexity index is 614. The van der Waals surface area contributed by atoms with Gasteiger partial charge in [-0.15, -0.1) is 0 Å². The van der Waals surface area contributed by atoms with Crippen LogP contribution in [0.5, 0.6) is 0 Å². The van der Waals surface area contributed by atoms with Gasteiger partial charge in [0, 0.05) is 17.0 Å². The van der Waals surface area contributed by atoms with Gasteiger partial charge in [0.2, 0.25) is 0 Å². The molecule has 0 spiro atoms. The number of carbonyl (C=O) groups excluding carboxylic acids is 1. The van der Waals surface area contributed by atoms with Crippen molar-refractivity contribution in [1.82, 2.24) is 5.32 Å². The van der Waals surface area contributed by atoms with Crippen LogP contribution in [0.25, 0.3) is 11.0 Å². The van der Waals surface area contributed by atoms with E-state index in [-0.39, 0.29) is 5.91 Å². The number of nitrogens with one attached hydrogen (secondary N) is 1. The van der Waals surface area contributed by atoms with Crippen LogP contribution in [0.4, 0.5) is 0 Å². The summed E-state index contributed by atoms with van der Waals surface area (Å²) in [5, 5.41) is 4.10. The molecule has 3 heteroatoms. The van der Waals surface area contributed by atoms with Gasteiger partial charge in [0.1, 0.15) is 5.58 Å². The average Bonchev–Trinajstić information content (AvgIpc) is 3.04. The fraction of sp³-hybridized carbons (Fsp3) is 0.438. The molecule has 2 atom stereocenters. The summed E-state index contributed by atoms with van der Waals surface area (Å²) >= 11 is 0. The van der Waals surface area contributed by atoms with E-state index >= 15 is 0 Å². The molecule has 1 saturated carbocycles. The smallest absolute Gasteiger partial charge is 0.287 e. The summed E-state index contributed by atoms with van der Waals surface area (Å²) in [6.45, 7) is 4.12. The summed E-state index contributed by atoms with van der Waals surface area (Å²) in [6.07, 6.45) is 3.49. The Morgan fingerprint density at radius 3 is 2.95 bits per heavy atom. The molecule has 2 unspecified atom stereocenters. The molecule has 3 rings (SSSR count). The Balaban J connectivity index is 1.77. The summed E-state index contributed by atoms with van der Waals surface area (Å²) in [6, 6.07) is 8.12. The minimum Gasteiger partial charge on any atom is -0.451 e. The molecule has 1 aliphatic rings. The summed E-state index contributed by atoms with van der Waals surface area (Å²) in [4.78, 5) is 12.2. The van der Waals surface area contributed by atoms with Crippen molar-refractivity contribution in [3.63, 3.8) is 0 Å². The van der Waals surface area contributed by atoms with E-state index in [1.807, 2.05) is 31.2 Å². The molecule has 1 fully saturated rings. The lowest BCUT2D eigenvalue weighted by Gasteiger charge is -2.02. The minimum atomic E-state index is -0.0719. The molecule has 0 saturated heterocycles. The Morgan fingerprint density at radius 1 is 1.42 bits per heavy atom. The summed E-state index contributed by atoms with van der Waals surface area (Å²) in [5.74, 6) is 1.05. The van der Waals surface area contributed by atoms with Crippen LogP contribution in [-0.2, 0) is 0 Å². The number of carbonyl (C=O) groups is 1. The quantitative estimate of drug-likeness (QED) is 0.908. The molecule has 3 nitrogen and oxygen atoms in total. The van der Waals surface area contributed by atoms with Gasteiger partial charge in [-0.1, -0.05) is 31.5 Å². The number of benzene rings is 1. The van der Waals surface area contributed by atoms with Crippen LogP contribution in [0.15, 0.2) is 28.7 Å². The summed E-state index contributed by atoms with van der Waals surface area (Å²) < 4.78 is 5.67. The Morgan fingerprint density at radius 2 is 2.21 bits per heavy atom. The van der Waals surface area contributed by atoms with Gasteiger partial charge in [0.05, 0.1) is 0 Å². The maximum Gasteiger partial charge on any atom is 0.287 e. The predicted octanol–water partition coefficient (Wildman–Crippen LogP) is 3.66. The van der Waals surface area contributed by atoms with Gasteiger partial charge in [0.15, 0.2) is 5.76 Å². The highest BCUT2D eigenvalue weighted by atomic mass is 16.3. The highest BCUT2D eigenvalue weighted by Crippen LogP contribution is 2.35. The highest BCUT2D eigenvalue weighted by Gasteiger charge is 2.38. The lowest BCUT2D eigenvalue weighted by molar-refractivity contribution is 0.0922. The van der Waals surface area contributed by atoms with E-state index in [1.165, 1.54) is 12.8 Å². The van der Waals surface area contributed by atoms with Gasteiger partial charge >= 0.3 is 0 Å².